The standard InChI is InChI=1S/C19H22BrN3O2/c1-22(16-9-11-17(12-10-16)23(24)25)19-8-3-2-7-18(19)21-15-6-4-5-14(20)13-15/h4-6,9-13,18-19,21H,2-3,7-8H2,1H3/t18-,19-/m1/s1. The van der Waals surface area contributed by atoms with E-state index in [4.69, 9.17) is 0 Å². The minimum absolute atomic E-state index is 0.129. The largest absolute Gasteiger partial charge is 0.380 e. The average molecular weight is 404 g/mol. The molecular formula is C19H22BrN3O2. The first kappa shape index (κ1) is 17.7. The molecule has 3 rings (SSSR count). The Bertz CT molecular complexity index is 736. The third-order valence-electron chi connectivity index (χ3n) is 4.87. The highest BCUT2D eigenvalue weighted by atomic mass is 79.9. The van der Waals surface area contributed by atoms with Crippen molar-refractivity contribution in [1.82, 2.24) is 0 Å². The summed E-state index contributed by atoms with van der Waals surface area (Å²) in [5.41, 5.74) is 2.26. The van der Waals surface area contributed by atoms with Crippen LogP contribution in [0, 0.1) is 10.1 Å². The smallest absolute Gasteiger partial charge is 0.269 e. The lowest BCUT2D eigenvalue weighted by molar-refractivity contribution is -0.384. The predicted molar refractivity (Wildman–Crippen MR) is 105 cm³/mol. The Morgan fingerprint density at radius 2 is 1.88 bits per heavy atom. The van der Waals surface area contributed by atoms with Crippen molar-refractivity contribution in [3.05, 3.63) is 63.1 Å². The Morgan fingerprint density at radius 1 is 1.16 bits per heavy atom. The first-order valence-electron chi connectivity index (χ1n) is 8.54. The first-order chi connectivity index (χ1) is 12.0. The van der Waals surface area contributed by atoms with Crippen LogP contribution in [0.5, 0.6) is 0 Å². The van der Waals surface area contributed by atoms with Crippen molar-refractivity contribution in [3.8, 4) is 0 Å². The van der Waals surface area contributed by atoms with Crippen LogP contribution in [0.2, 0.25) is 0 Å². The number of benzene rings is 2. The summed E-state index contributed by atoms with van der Waals surface area (Å²) in [4.78, 5) is 12.7. The Morgan fingerprint density at radius 3 is 2.56 bits per heavy atom. The van der Waals surface area contributed by atoms with Crippen molar-refractivity contribution in [3.63, 3.8) is 0 Å². The molecule has 0 heterocycles. The Hall–Kier alpha value is -2.08. The molecule has 132 valence electrons. The molecule has 1 aliphatic carbocycles. The molecule has 0 spiro atoms. The summed E-state index contributed by atoms with van der Waals surface area (Å²) in [6.07, 6.45) is 4.66. The molecule has 0 aromatic heterocycles. The van der Waals surface area contributed by atoms with Gasteiger partial charge in [0, 0.05) is 47.1 Å². The topological polar surface area (TPSA) is 58.4 Å². The van der Waals surface area contributed by atoms with Crippen molar-refractivity contribution in [2.24, 2.45) is 0 Å². The molecule has 0 aliphatic heterocycles. The quantitative estimate of drug-likeness (QED) is 0.549. The molecule has 1 fully saturated rings. The third kappa shape index (κ3) is 4.31. The van der Waals surface area contributed by atoms with Gasteiger partial charge in [-0.2, -0.15) is 0 Å². The molecule has 25 heavy (non-hydrogen) atoms. The molecule has 2 aromatic carbocycles. The number of anilines is 2. The molecule has 0 saturated heterocycles. The number of nitro benzene ring substituents is 1. The van der Waals surface area contributed by atoms with Gasteiger partial charge in [-0.1, -0.05) is 34.8 Å². The second-order valence-electron chi connectivity index (χ2n) is 6.50. The van der Waals surface area contributed by atoms with Gasteiger partial charge >= 0.3 is 0 Å². The lowest BCUT2D eigenvalue weighted by Crippen LogP contribution is -2.47. The Labute approximate surface area is 156 Å². The van der Waals surface area contributed by atoms with Gasteiger partial charge in [-0.3, -0.25) is 10.1 Å². The number of nitrogens with one attached hydrogen (secondary N) is 1. The lowest BCUT2D eigenvalue weighted by atomic mass is 9.88. The average Bonchev–Trinajstić information content (AvgIpc) is 2.62. The van der Waals surface area contributed by atoms with Crippen LogP contribution in [0.1, 0.15) is 25.7 Å². The summed E-state index contributed by atoms with van der Waals surface area (Å²) in [6, 6.07) is 15.8. The number of hydrogen-bond acceptors (Lipinski definition) is 4. The van der Waals surface area contributed by atoms with E-state index in [2.05, 4.69) is 45.3 Å². The maximum Gasteiger partial charge on any atom is 0.269 e. The second kappa shape index (κ2) is 7.87. The van der Waals surface area contributed by atoms with Crippen LogP contribution in [0.25, 0.3) is 0 Å². The lowest BCUT2D eigenvalue weighted by Gasteiger charge is -2.40. The minimum Gasteiger partial charge on any atom is -0.380 e. The number of rotatable bonds is 5. The maximum atomic E-state index is 10.8. The van der Waals surface area contributed by atoms with E-state index >= 15 is 0 Å². The highest BCUT2D eigenvalue weighted by Crippen LogP contribution is 2.30. The van der Waals surface area contributed by atoms with Gasteiger partial charge < -0.3 is 10.2 Å². The Balaban J connectivity index is 1.76. The Kier molecular flexibility index (Phi) is 5.58. The van der Waals surface area contributed by atoms with Crippen LogP contribution in [-0.2, 0) is 0 Å². The van der Waals surface area contributed by atoms with Gasteiger partial charge in [0.15, 0.2) is 0 Å². The summed E-state index contributed by atoms with van der Waals surface area (Å²) >= 11 is 3.52. The number of non-ortho nitro benzene ring substituents is 1. The van der Waals surface area contributed by atoms with Crippen LogP contribution >= 0.6 is 15.9 Å². The van der Waals surface area contributed by atoms with E-state index in [9.17, 15) is 10.1 Å². The van der Waals surface area contributed by atoms with Crippen molar-refractivity contribution in [2.45, 2.75) is 37.8 Å². The minimum atomic E-state index is -0.359. The fourth-order valence-corrected chi connectivity index (χ4v) is 3.94. The molecule has 0 radical (unpaired) electrons. The molecule has 1 saturated carbocycles. The molecule has 2 aromatic rings. The van der Waals surface area contributed by atoms with E-state index in [0.29, 0.717) is 12.1 Å². The third-order valence-corrected chi connectivity index (χ3v) is 5.36. The molecule has 5 nitrogen and oxygen atoms in total. The molecule has 0 amide bonds. The highest BCUT2D eigenvalue weighted by molar-refractivity contribution is 9.10. The van der Waals surface area contributed by atoms with Gasteiger partial charge in [0.05, 0.1) is 4.92 Å². The van der Waals surface area contributed by atoms with Gasteiger partial charge in [0.1, 0.15) is 0 Å². The van der Waals surface area contributed by atoms with Gasteiger partial charge in [0.25, 0.3) is 5.69 Å². The van der Waals surface area contributed by atoms with E-state index in [-0.39, 0.29) is 10.6 Å². The number of hydrogen-bond donors (Lipinski definition) is 1. The van der Waals surface area contributed by atoms with E-state index in [0.717, 1.165) is 28.7 Å². The zero-order chi connectivity index (χ0) is 17.8. The van der Waals surface area contributed by atoms with E-state index in [1.54, 1.807) is 12.1 Å². The molecule has 6 heteroatoms. The number of nitro groups is 1. The van der Waals surface area contributed by atoms with E-state index in [1.165, 1.54) is 12.8 Å². The number of halogens is 1. The van der Waals surface area contributed by atoms with Gasteiger partial charge in [0.2, 0.25) is 0 Å². The number of likely N-dealkylation sites (N-methyl/N-ethyl adjacent to an activating group) is 1. The maximum absolute atomic E-state index is 10.8. The van der Waals surface area contributed by atoms with Crippen LogP contribution in [0.4, 0.5) is 17.1 Å². The molecule has 1 N–H and O–H groups in total. The van der Waals surface area contributed by atoms with E-state index < -0.39 is 0 Å². The normalized spacial score (nSPS) is 20.1. The summed E-state index contributed by atoms with van der Waals surface area (Å²) in [5, 5.41) is 14.5. The van der Waals surface area contributed by atoms with Crippen LogP contribution in [-0.4, -0.2) is 24.1 Å². The summed E-state index contributed by atoms with van der Waals surface area (Å²) < 4.78 is 1.06. The first-order valence-corrected chi connectivity index (χ1v) is 9.33. The molecule has 2 atom stereocenters. The van der Waals surface area contributed by atoms with Crippen molar-refractivity contribution in [2.75, 3.05) is 17.3 Å². The van der Waals surface area contributed by atoms with Crippen molar-refractivity contribution in [1.29, 1.82) is 0 Å². The van der Waals surface area contributed by atoms with Gasteiger partial charge in [-0.15, -0.1) is 0 Å². The number of nitrogens with zero attached hydrogens (tertiary/aromatic N) is 2. The van der Waals surface area contributed by atoms with Crippen molar-refractivity contribution >= 4 is 33.0 Å². The summed E-state index contributed by atoms with van der Waals surface area (Å²) in [6.45, 7) is 0. The van der Waals surface area contributed by atoms with Crippen LogP contribution in [0.3, 0.4) is 0 Å². The fourth-order valence-electron chi connectivity index (χ4n) is 3.54. The van der Waals surface area contributed by atoms with Crippen LogP contribution < -0.4 is 10.2 Å². The molecular weight excluding hydrogens is 382 g/mol. The van der Waals surface area contributed by atoms with Gasteiger partial charge in [-0.25, -0.2) is 0 Å². The van der Waals surface area contributed by atoms with Crippen LogP contribution in [0.15, 0.2) is 53.0 Å². The van der Waals surface area contributed by atoms with E-state index in [1.807, 2.05) is 24.3 Å². The molecule has 0 unspecified atom stereocenters. The second-order valence-corrected chi connectivity index (χ2v) is 7.41. The van der Waals surface area contributed by atoms with Gasteiger partial charge in [-0.05, 0) is 43.2 Å². The summed E-state index contributed by atoms with van der Waals surface area (Å²) in [7, 11) is 2.08. The fraction of sp³-hybridized carbons (Fsp3) is 0.368. The zero-order valence-corrected chi connectivity index (χ0v) is 15.8. The van der Waals surface area contributed by atoms with Crippen molar-refractivity contribution < 1.29 is 4.92 Å². The predicted octanol–water partition coefficient (Wildman–Crippen LogP) is 5.22. The SMILES string of the molecule is CN(c1ccc([N+](=O)[O-])cc1)[C@@H]1CCCC[C@H]1Nc1cccc(Br)c1. The monoisotopic (exact) mass is 403 g/mol. The molecule has 1 aliphatic rings. The zero-order valence-electron chi connectivity index (χ0n) is 14.2. The summed E-state index contributed by atoms with van der Waals surface area (Å²) in [5.74, 6) is 0. The highest BCUT2D eigenvalue weighted by Gasteiger charge is 2.28. The molecule has 0 bridgehead atoms.